The molecule has 0 atom stereocenters. The van der Waals surface area contributed by atoms with Gasteiger partial charge in [0.15, 0.2) is 0 Å². The quantitative estimate of drug-likeness (QED) is 0.532. The number of hydrogen-bond donors (Lipinski definition) is 0. The maximum Gasteiger partial charge on any atom is -0.0219 e. The smallest absolute Gasteiger partial charge is 0.0219 e. The summed E-state index contributed by atoms with van der Waals surface area (Å²) < 4.78 is 0. The molecule has 0 heterocycles. The van der Waals surface area contributed by atoms with E-state index in [9.17, 15) is 0 Å². The molecule has 58 valence electrons. The Hall–Kier alpha value is -0.780. The lowest BCUT2D eigenvalue weighted by Crippen LogP contribution is -1.86. The van der Waals surface area contributed by atoms with Gasteiger partial charge in [-0.3, -0.25) is 0 Å². The summed E-state index contributed by atoms with van der Waals surface area (Å²) >= 11 is 0. The van der Waals surface area contributed by atoms with Gasteiger partial charge in [0.25, 0.3) is 0 Å². The lowest BCUT2D eigenvalue weighted by Gasteiger charge is -2.00. The van der Waals surface area contributed by atoms with Crippen LogP contribution < -0.4 is 0 Å². The number of hydrogen-bond acceptors (Lipinski definition) is 0. The molecule has 0 N–H and O–H groups in total. The van der Waals surface area contributed by atoms with E-state index < -0.39 is 0 Å². The molecule has 0 unspecified atom stereocenters. The lowest BCUT2D eigenvalue weighted by molar-refractivity contribution is 0.793. The average Bonchev–Trinajstić information content (AvgIpc) is 2.40. The van der Waals surface area contributed by atoms with Crippen LogP contribution in [0, 0.1) is 5.92 Å². The Labute approximate surface area is 68.3 Å². The fraction of sp³-hybridized carbons (Fsp3) is 0.455. The van der Waals surface area contributed by atoms with Gasteiger partial charge in [0.1, 0.15) is 0 Å². The maximum absolute atomic E-state index is 2.36. The van der Waals surface area contributed by atoms with Crippen molar-refractivity contribution in [2.45, 2.75) is 26.7 Å². The maximum atomic E-state index is 2.36. The molecule has 0 bridgehead atoms. The minimum absolute atomic E-state index is 0.689. The van der Waals surface area contributed by atoms with Crippen LogP contribution in [0.15, 0.2) is 34.9 Å². The Morgan fingerprint density at radius 3 is 2.73 bits per heavy atom. The van der Waals surface area contributed by atoms with Crippen molar-refractivity contribution in [1.29, 1.82) is 0 Å². The van der Waals surface area contributed by atoms with Gasteiger partial charge in [-0.1, -0.05) is 32.1 Å². The highest BCUT2D eigenvalue weighted by atomic mass is 14.2. The predicted octanol–water partition coefficient (Wildman–Crippen LogP) is 3.23. The van der Waals surface area contributed by atoms with Crippen molar-refractivity contribution in [2.24, 2.45) is 5.92 Å². The van der Waals surface area contributed by atoms with Crippen LogP contribution in [0.2, 0.25) is 0 Å². The molecule has 0 heteroatoms. The third-order valence-corrected chi connectivity index (χ3v) is 2.48. The fourth-order valence-corrected chi connectivity index (χ4v) is 1.72. The van der Waals surface area contributed by atoms with Crippen LogP contribution >= 0.6 is 0 Å². The second-order valence-corrected chi connectivity index (χ2v) is 3.67. The summed E-state index contributed by atoms with van der Waals surface area (Å²) in [5, 5.41) is 0. The normalized spacial score (nSPS) is 21.5. The van der Waals surface area contributed by atoms with E-state index in [2.05, 4.69) is 32.1 Å². The standard InChI is InChI=1S/C11H14/c1-8(2)11-6-9-4-3-5-10(9)7-11/h4,6-8H,3,5H2,1-2H3. The van der Waals surface area contributed by atoms with E-state index in [0.717, 1.165) is 0 Å². The molecule has 0 aliphatic heterocycles. The van der Waals surface area contributed by atoms with Crippen LogP contribution in [0.3, 0.4) is 0 Å². The first-order valence-electron chi connectivity index (χ1n) is 4.40. The first-order valence-corrected chi connectivity index (χ1v) is 4.40. The van der Waals surface area contributed by atoms with Gasteiger partial charge in [0.05, 0.1) is 0 Å². The minimum Gasteiger partial charge on any atom is -0.0766 e. The molecule has 0 spiro atoms. The van der Waals surface area contributed by atoms with Crippen molar-refractivity contribution in [3.63, 3.8) is 0 Å². The first-order chi connectivity index (χ1) is 5.27. The highest BCUT2D eigenvalue weighted by molar-refractivity contribution is 5.55. The predicted molar refractivity (Wildman–Crippen MR) is 48.3 cm³/mol. The highest BCUT2D eigenvalue weighted by Gasteiger charge is 2.16. The Morgan fingerprint density at radius 1 is 1.27 bits per heavy atom. The van der Waals surface area contributed by atoms with E-state index in [0.29, 0.717) is 5.92 Å². The molecule has 0 aromatic rings. The largest absolute Gasteiger partial charge is 0.0766 e. The van der Waals surface area contributed by atoms with Crippen molar-refractivity contribution in [2.75, 3.05) is 0 Å². The lowest BCUT2D eigenvalue weighted by atomic mass is 10.0. The van der Waals surface area contributed by atoms with Crippen molar-refractivity contribution in [1.82, 2.24) is 0 Å². The zero-order chi connectivity index (χ0) is 7.84. The number of rotatable bonds is 1. The van der Waals surface area contributed by atoms with E-state index in [-0.39, 0.29) is 0 Å². The van der Waals surface area contributed by atoms with Crippen LogP contribution in [0.5, 0.6) is 0 Å². The van der Waals surface area contributed by atoms with Crippen LogP contribution in [0.4, 0.5) is 0 Å². The van der Waals surface area contributed by atoms with Gasteiger partial charge in [0.2, 0.25) is 0 Å². The SMILES string of the molecule is CC(C)C1=CC2=CCCC2=C1. The van der Waals surface area contributed by atoms with Crippen molar-refractivity contribution in [3.8, 4) is 0 Å². The Morgan fingerprint density at radius 2 is 2.09 bits per heavy atom. The second-order valence-electron chi connectivity index (χ2n) is 3.67. The van der Waals surface area contributed by atoms with Gasteiger partial charge in [-0.15, -0.1) is 0 Å². The molecule has 0 amide bonds. The molecule has 2 aliphatic carbocycles. The Bertz CT molecular complexity index is 262. The average molecular weight is 146 g/mol. The van der Waals surface area contributed by atoms with E-state index in [1.165, 1.54) is 24.0 Å². The summed E-state index contributed by atoms with van der Waals surface area (Å²) in [7, 11) is 0. The molecule has 0 aromatic carbocycles. The van der Waals surface area contributed by atoms with Crippen molar-refractivity contribution >= 4 is 0 Å². The molecule has 11 heavy (non-hydrogen) atoms. The topological polar surface area (TPSA) is 0 Å². The Kier molecular flexibility index (Phi) is 1.49. The summed E-state index contributed by atoms with van der Waals surface area (Å²) in [6.07, 6.45) is 9.57. The highest BCUT2D eigenvalue weighted by Crippen LogP contribution is 2.35. The molecule has 0 saturated heterocycles. The molecule has 2 rings (SSSR count). The zero-order valence-corrected chi connectivity index (χ0v) is 7.22. The van der Waals surface area contributed by atoms with Crippen LogP contribution in [-0.4, -0.2) is 0 Å². The van der Waals surface area contributed by atoms with Gasteiger partial charge in [-0.2, -0.15) is 0 Å². The van der Waals surface area contributed by atoms with Crippen LogP contribution in [-0.2, 0) is 0 Å². The zero-order valence-electron chi connectivity index (χ0n) is 7.22. The second kappa shape index (κ2) is 2.37. The molecule has 0 aromatic heterocycles. The molecule has 2 aliphatic rings. The first kappa shape index (κ1) is 6.90. The minimum atomic E-state index is 0.689. The van der Waals surface area contributed by atoms with Crippen LogP contribution in [0.1, 0.15) is 26.7 Å². The summed E-state index contributed by atoms with van der Waals surface area (Å²) in [6.45, 7) is 4.51. The van der Waals surface area contributed by atoms with E-state index in [4.69, 9.17) is 0 Å². The summed E-state index contributed by atoms with van der Waals surface area (Å²) in [5.74, 6) is 0.689. The van der Waals surface area contributed by atoms with Crippen LogP contribution in [0.25, 0.3) is 0 Å². The molecule has 0 saturated carbocycles. The van der Waals surface area contributed by atoms with E-state index >= 15 is 0 Å². The van der Waals surface area contributed by atoms with E-state index in [1.807, 2.05) is 0 Å². The van der Waals surface area contributed by atoms with E-state index in [1.54, 1.807) is 5.57 Å². The van der Waals surface area contributed by atoms with Gasteiger partial charge in [-0.25, -0.2) is 0 Å². The van der Waals surface area contributed by atoms with Crippen molar-refractivity contribution in [3.05, 3.63) is 34.9 Å². The third kappa shape index (κ3) is 1.07. The van der Waals surface area contributed by atoms with Gasteiger partial charge < -0.3 is 0 Å². The summed E-state index contributed by atoms with van der Waals surface area (Å²) in [4.78, 5) is 0. The summed E-state index contributed by atoms with van der Waals surface area (Å²) in [6, 6.07) is 0. The molecular weight excluding hydrogens is 132 g/mol. The monoisotopic (exact) mass is 146 g/mol. The third-order valence-electron chi connectivity index (χ3n) is 2.48. The number of fused-ring (bicyclic) bond motifs is 1. The van der Waals surface area contributed by atoms with Crippen molar-refractivity contribution < 1.29 is 0 Å². The number of allylic oxidation sites excluding steroid dienone is 6. The Balaban J connectivity index is 2.31. The summed E-state index contributed by atoms with van der Waals surface area (Å²) in [5.41, 5.74) is 4.56. The van der Waals surface area contributed by atoms with Gasteiger partial charge >= 0.3 is 0 Å². The van der Waals surface area contributed by atoms with Gasteiger partial charge in [0, 0.05) is 0 Å². The van der Waals surface area contributed by atoms with Gasteiger partial charge in [-0.05, 0) is 35.5 Å². The fourth-order valence-electron chi connectivity index (χ4n) is 1.72. The molecule has 0 fully saturated rings. The molecule has 0 radical (unpaired) electrons. The molecule has 0 nitrogen and oxygen atoms in total. The molecular formula is C11H14.